The van der Waals surface area contributed by atoms with Gasteiger partial charge in [0.05, 0.1) is 5.75 Å². The molecule has 1 aromatic heterocycles. The number of halogens is 3. The third-order valence-electron chi connectivity index (χ3n) is 4.25. The number of hydrogen-bond acceptors (Lipinski definition) is 7. The number of aromatic nitrogens is 3. The van der Waals surface area contributed by atoms with Gasteiger partial charge in [0.25, 0.3) is 0 Å². The highest BCUT2D eigenvalue weighted by molar-refractivity contribution is 7.99. The summed E-state index contributed by atoms with van der Waals surface area (Å²) in [5, 5.41) is 8.14. The van der Waals surface area contributed by atoms with Crippen LogP contribution in [0.1, 0.15) is 11.4 Å². The van der Waals surface area contributed by atoms with Crippen molar-refractivity contribution in [3.63, 3.8) is 0 Å². The fraction of sp³-hybridized carbons (Fsp3) is 0.250. The fourth-order valence-electron chi connectivity index (χ4n) is 2.58. The standard InChI is InChI=1S/C20H20F3N5O3S/c1-27(10-13-6-8-14(9-7-13)31-19(22)23)18(29)12-32-20-26-25-17(28(20)24)11-30-16-5-3-2-4-15(16)21/h2-9,19H,10-12,24H2,1H3. The van der Waals surface area contributed by atoms with Crippen LogP contribution < -0.4 is 15.3 Å². The van der Waals surface area contributed by atoms with E-state index < -0.39 is 12.4 Å². The van der Waals surface area contributed by atoms with E-state index in [0.29, 0.717) is 5.16 Å². The SMILES string of the molecule is CN(Cc1ccc(OC(F)F)cc1)C(=O)CSc1nnc(COc2ccccc2F)n1N. The Balaban J connectivity index is 1.49. The van der Waals surface area contributed by atoms with Gasteiger partial charge in [-0.2, -0.15) is 8.78 Å². The maximum absolute atomic E-state index is 13.6. The monoisotopic (exact) mass is 467 g/mol. The molecule has 0 atom stereocenters. The second-order valence-corrected chi connectivity index (χ2v) is 7.49. The van der Waals surface area contributed by atoms with Gasteiger partial charge < -0.3 is 20.2 Å². The number of amides is 1. The van der Waals surface area contributed by atoms with Crippen LogP contribution in [0.5, 0.6) is 11.5 Å². The fourth-order valence-corrected chi connectivity index (χ4v) is 3.40. The molecule has 3 rings (SSSR count). The summed E-state index contributed by atoms with van der Waals surface area (Å²) in [4.78, 5) is 13.9. The van der Waals surface area contributed by atoms with Crippen molar-refractivity contribution >= 4 is 17.7 Å². The molecule has 1 heterocycles. The summed E-state index contributed by atoms with van der Waals surface area (Å²) < 4.78 is 48.9. The average Bonchev–Trinajstić information content (AvgIpc) is 3.11. The number of rotatable bonds is 10. The lowest BCUT2D eigenvalue weighted by Gasteiger charge is -2.17. The van der Waals surface area contributed by atoms with Crippen LogP contribution in [-0.2, 0) is 17.9 Å². The Labute approximate surface area is 186 Å². The minimum atomic E-state index is -2.89. The normalized spacial score (nSPS) is 10.9. The maximum atomic E-state index is 13.6. The van der Waals surface area contributed by atoms with Crippen LogP contribution in [0.25, 0.3) is 0 Å². The summed E-state index contributed by atoms with van der Waals surface area (Å²) in [5.74, 6) is 5.67. The second kappa shape index (κ2) is 10.8. The van der Waals surface area contributed by atoms with Gasteiger partial charge in [-0.3, -0.25) is 4.79 Å². The second-order valence-electron chi connectivity index (χ2n) is 6.55. The maximum Gasteiger partial charge on any atom is 0.387 e. The molecule has 32 heavy (non-hydrogen) atoms. The van der Waals surface area contributed by atoms with E-state index >= 15 is 0 Å². The Kier molecular flexibility index (Phi) is 7.82. The van der Waals surface area contributed by atoms with E-state index in [1.807, 2.05) is 0 Å². The molecule has 1 amide bonds. The summed E-state index contributed by atoms with van der Waals surface area (Å²) in [6.07, 6.45) is 0. The number of benzene rings is 2. The molecular weight excluding hydrogens is 447 g/mol. The van der Waals surface area contributed by atoms with Crippen molar-refractivity contribution in [2.45, 2.75) is 24.9 Å². The van der Waals surface area contributed by atoms with Crippen molar-refractivity contribution < 1.29 is 27.4 Å². The highest BCUT2D eigenvalue weighted by atomic mass is 32.2. The van der Waals surface area contributed by atoms with Gasteiger partial charge in [-0.05, 0) is 29.8 Å². The Morgan fingerprint density at radius 2 is 1.91 bits per heavy atom. The van der Waals surface area contributed by atoms with Gasteiger partial charge >= 0.3 is 6.61 Å². The molecule has 0 spiro atoms. The molecule has 12 heteroatoms. The molecule has 0 aliphatic heterocycles. The number of nitrogens with zero attached hydrogens (tertiary/aromatic N) is 4. The topological polar surface area (TPSA) is 95.5 Å². The molecule has 2 aromatic carbocycles. The zero-order valence-electron chi connectivity index (χ0n) is 17.0. The first-order valence-electron chi connectivity index (χ1n) is 9.30. The van der Waals surface area contributed by atoms with Crippen LogP contribution in [-0.4, -0.2) is 45.1 Å². The number of nitrogens with two attached hydrogens (primary N) is 1. The van der Waals surface area contributed by atoms with E-state index in [1.165, 1.54) is 33.8 Å². The highest BCUT2D eigenvalue weighted by Crippen LogP contribution is 2.20. The molecule has 3 aromatic rings. The first-order chi connectivity index (χ1) is 15.3. The number of para-hydroxylation sites is 1. The van der Waals surface area contributed by atoms with E-state index in [1.54, 1.807) is 31.3 Å². The van der Waals surface area contributed by atoms with E-state index in [-0.39, 0.29) is 42.1 Å². The molecule has 0 aliphatic carbocycles. The van der Waals surface area contributed by atoms with Crippen LogP contribution in [0, 0.1) is 5.82 Å². The first kappa shape index (κ1) is 23.3. The smallest absolute Gasteiger partial charge is 0.387 e. The quantitative estimate of drug-likeness (QED) is 0.362. The Hall–Kier alpha value is -3.41. The molecule has 0 aliphatic rings. The van der Waals surface area contributed by atoms with Gasteiger partial charge in [-0.15, -0.1) is 10.2 Å². The third kappa shape index (κ3) is 6.30. The molecule has 0 fully saturated rings. The molecule has 0 bridgehead atoms. The lowest BCUT2D eigenvalue weighted by molar-refractivity contribution is -0.127. The molecule has 170 valence electrons. The zero-order chi connectivity index (χ0) is 23.1. The van der Waals surface area contributed by atoms with Crippen molar-refractivity contribution in [2.24, 2.45) is 0 Å². The lowest BCUT2D eigenvalue weighted by Crippen LogP contribution is -2.28. The van der Waals surface area contributed by atoms with Gasteiger partial charge in [0.2, 0.25) is 11.1 Å². The lowest BCUT2D eigenvalue weighted by atomic mass is 10.2. The van der Waals surface area contributed by atoms with Crippen LogP contribution in [0.3, 0.4) is 0 Å². The largest absolute Gasteiger partial charge is 0.482 e. The predicted octanol–water partition coefficient (Wildman–Crippen LogP) is 3.06. The van der Waals surface area contributed by atoms with E-state index in [4.69, 9.17) is 10.6 Å². The van der Waals surface area contributed by atoms with Crippen molar-refractivity contribution in [1.29, 1.82) is 0 Å². The number of hydrogen-bond donors (Lipinski definition) is 1. The third-order valence-corrected chi connectivity index (χ3v) is 5.18. The number of carbonyl (C=O) groups is 1. The van der Waals surface area contributed by atoms with Gasteiger partial charge in [0, 0.05) is 13.6 Å². The summed E-state index contributed by atoms with van der Waals surface area (Å²) >= 11 is 1.09. The minimum absolute atomic E-state index is 0.0466. The summed E-state index contributed by atoms with van der Waals surface area (Å²) in [5.41, 5.74) is 0.752. The van der Waals surface area contributed by atoms with Gasteiger partial charge in [-0.1, -0.05) is 36.0 Å². The molecule has 0 saturated carbocycles. The van der Waals surface area contributed by atoms with Gasteiger partial charge in [-0.25, -0.2) is 9.07 Å². The van der Waals surface area contributed by atoms with Crippen LogP contribution in [0.15, 0.2) is 53.7 Å². The molecule has 0 saturated heterocycles. The molecular formula is C20H20F3N5O3S. The van der Waals surface area contributed by atoms with Crippen LogP contribution in [0.4, 0.5) is 13.2 Å². The van der Waals surface area contributed by atoms with Crippen molar-refractivity contribution in [3.8, 4) is 11.5 Å². The van der Waals surface area contributed by atoms with Crippen LogP contribution in [0.2, 0.25) is 0 Å². The van der Waals surface area contributed by atoms with Gasteiger partial charge in [0.1, 0.15) is 12.4 Å². The molecule has 2 N–H and O–H groups in total. The predicted molar refractivity (Wildman–Crippen MR) is 111 cm³/mol. The summed E-state index contributed by atoms with van der Waals surface area (Å²) in [6, 6.07) is 12.0. The zero-order valence-corrected chi connectivity index (χ0v) is 17.8. The van der Waals surface area contributed by atoms with Crippen molar-refractivity contribution in [2.75, 3.05) is 18.6 Å². The van der Waals surface area contributed by atoms with E-state index in [0.717, 1.165) is 17.3 Å². The van der Waals surface area contributed by atoms with E-state index in [9.17, 15) is 18.0 Å². The van der Waals surface area contributed by atoms with Crippen molar-refractivity contribution in [3.05, 3.63) is 65.7 Å². The highest BCUT2D eigenvalue weighted by Gasteiger charge is 2.16. The van der Waals surface area contributed by atoms with E-state index in [2.05, 4.69) is 14.9 Å². The molecule has 8 nitrogen and oxygen atoms in total. The Bertz CT molecular complexity index is 1050. The number of alkyl halides is 2. The number of thioether (sulfide) groups is 1. The Morgan fingerprint density at radius 1 is 1.19 bits per heavy atom. The average molecular weight is 467 g/mol. The number of carbonyl (C=O) groups excluding carboxylic acids is 1. The van der Waals surface area contributed by atoms with Crippen molar-refractivity contribution in [1.82, 2.24) is 19.8 Å². The summed E-state index contributed by atoms with van der Waals surface area (Å²) in [6.45, 7) is -2.70. The molecule has 0 unspecified atom stereocenters. The van der Waals surface area contributed by atoms with Gasteiger partial charge in [0.15, 0.2) is 17.4 Å². The molecule has 0 radical (unpaired) electrons. The minimum Gasteiger partial charge on any atom is -0.482 e. The Morgan fingerprint density at radius 3 is 2.59 bits per heavy atom. The number of ether oxygens (including phenoxy) is 2. The summed E-state index contributed by atoms with van der Waals surface area (Å²) in [7, 11) is 1.62. The van der Waals surface area contributed by atoms with Crippen LogP contribution >= 0.6 is 11.8 Å². The first-order valence-corrected chi connectivity index (χ1v) is 10.3. The number of nitrogen functional groups attached to an aromatic ring is 1.